The van der Waals surface area contributed by atoms with Crippen molar-refractivity contribution < 1.29 is 14.6 Å². The van der Waals surface area contributed by atoms with E-state index >= 15 is 0 Å². The topological polar surface area (TPSA) is 38.7 Å². The van der Waals surface area contributed by atoms with Gasteiger partial charge in [-0.05, 0) is 25.2 Å². The second kappa shape index (κ2) is 6.46. The van der Waals surface area contributed by atoms with Gasteiger partial charge in [-0.25, -0.2) is 0 Å². The standard InChI is InChI=1S/C18H22O3/c1-13(19)16-9-8-14-5-2-3-7-17(14)18(16)21-12-10-15-6-4-11-20-15/h2-3,5,7-9,13,15,19H,4,6,10-12H2,1H3/t13-,15?/m0/s1. The Bertz CT molecular complexity index is 600. The summed E-state index contributed by atoms with van der Waals surface area (Å²) < 4.78 is 11.7. The third-order valence-corrected chi connectivity index (χ3v) is 4.07. The summed E-state index contributed by atoms with van der Waals surface area (Å²) in [4.78, 5) is 0. The van der Waals surface area contributed by atoms with E-state index in [1.807, 2.05) is 30.3 Å². The minimum Gasteiger partial charge on any atom is -0.492 e. The largest absolute Gasteiger partial charge is 0.492 e. The zero-order valence-electron chi connectivity index (χ0n) is 12.4. The fourth-order valence-corrected chi connectivity index (χ4v) is 2.91. The van der Waals surface area contributed by atoms with Gasteiger partial charge in [0.25, 0.3) is 0 Å². The number of hydrogen-bond donors (Lipinski definition) is 1. The fourth-order valence-electron chi connectivity index (χ4n) is 2.91. The van der Waals surface area contributed by atoms with Crippen molar-refractivity contribution in [3.8, 4) is 5.75 Å². The van der Waals surface area contributed by atoms with E-state index < -0.39 is 6.10 Å². The van der Waals surface area contributed by atoms with E-state index in [0.29, 0.717) is 12.7 Å². The molecule has 3 rings (SSSR count). The van der Waals surface area contributed by atoms with Gasteiger partial charge in [-0.1, -0.05) is 36.4 Å². The number of aliphatic hydroxyl groups is 1. The molecule has 1 fully saturated rings. The quantitative estimate of drug-likeness (QED) is 0.907. The maximum absolute atomic E-state index is 9.97. The van der Waals surface area contributed by atoms with E-state index in [4.69, 9.17) is 9.47 Å². The van der Waals surface area contributed by atoms with Crippen molar-refractivity contribution in [1.82, 2.24) is 0 Å². The Morgan fingerprint density at radius 2 is 2.14 bits per heavy atom. The SMILES string of the molecule is C[C@H](O)c1ccc2ccccc2c1OCCC1CCCO1. The first-order valence-electron chi connectivity index (χ1n) is 7.70. The number of hydrogen-bond acceptors (Lipinski definition) is 3. The zero-order valence-corrected chi connectivity index (χ0v) is 12.4. The normalized spacial score (nSPS) is 19.8. The van der Waals surface area contributed by atoms with Crippen LogP contribution in [-0.4, -0.2) is 24.4 Å². The van der Waals surface area contributed by atoms with E-state index in [0.717, 1.165) is 48.0 Å². The van der Waals surface area contributed by atoms with Crippen molar-refractivity contribution in [2.45, 2.75) is 38.4 Å². The van der Waals surface area contributed by atoms with Gasteiger partial charge >= 0.3 is 0 Å². The molecular formula is C18H22O3. The van der Waals surface area contributed by atoms with Gasteiger partial charge in [0.05, 0.1) is 18.8 Å². The first kappa shape index (κ1) is 14.4. The Morgan fingerprint density at radius 3 is 2.90 bits per heavy atom. The maximum Gasteiger partial charge on any atom is 0.132 e. The summed E-state index contributed by atoms with van der Waals surface area (Å²) in [6.45, 7) is 3.27. The molecule has 0 saturated carbocycles. The predicted molar refractivity (Wildman–Crippen MR) is 83.7 cm³/mol. The molecule has 112 valence electrons. The van der Waals surface area contributed by atoms with Gasteiger partial charge < -0.3 is 14.6 Å². The Balaban J connectivity index is 1.82. The zero-order chi connectivity index (χ0) is 14.7. The molecule has 1 unspecified atom stereocenters. The van der Waals surface area contributed by atoms with Crippen LogP contribution in [0.2, 0.25) is 0 Å². The molecule has 1 aliphatic heterocycles. The maximum atomic E-state index is 9.97. The van der Waals surface area contributed by atoms with Crippen molar-refractivity contribution in [2.24, 2.45) is 0 Å². The first-order valence-corrected chi connectivity index (χ1v) is 7.70. The van der Waals surface area contributed by atoms with Crippen LogP contribution in [0.4, 0.5) is 0 Å². The molecule has 3 heteroatoms. The molecular weight excluding hydrogens is 264 g/mol. The predicted octanol–water partition coefficient (Wildman–Crippen LogP) is 3.84. The molecule has 2 aromatic carbocycles. The highest BCUT2D eigenvalue weighted by Gasteiger charge is 2.17. The van der Waals surface area contributed by atoms with Crippen LogP contribution in [0.5, 0.6) is 5.75 Å². The average molecular weight is 286 g/mol. The molecule has 0 amide bonds. The lowest BCUT2D eigenvalue weighted by molar-refractivity contribution is 0.0899. The molecule has 0 radical (unpaired) electrons. The van der Waals surface area contributed by atoms with Gasteiger partial charge in [0, 0.05) is 24.0 Å². The molecule has 21 heavy (non-hydrogen) atoms. The van der Waals surface area contributed by atoms with Crippen LogP contribution in [0.1, 0.15) is 37.9 Å². The van der Waals surface area contributed by atoms with E-state index in [1.54, 1.807) is 6.92 Å². The number of ether oxygens (including phenoxy) is 2. The van der Waals surface area contributed by atoms with Gasteiger partial charge in [-0.3, -0.25) is 0 Å². The summed E-state index contributed by atoms with van der Waals surface area (Å²) in [6, 6.07) is 12.1. The van der Waals surface area contributed by atoms with Crippen LogP contribution in [0.15, 0.2) is 36.4 Å². The van der Waals surface area contributed by atoms with E-state index in [2.05, 4.69) is 6.07 Å². The lowest BCUT2D eigenvalue weighted by atomic mass is 10.0. The monoisotopic (exact) mass is 286 g/mol. The van der Waals surface area contributed by atoms with Gasteiger partial charge in [0.1, 0.15) is 5.75 Å². The number of rotatable bonds is 5. The smallest absolute Gasteiger partial charge is 0.132 e. The third kappa shape index (κ3) is 3.20. The van der Waals surface area contributed by atoms with E-state index in [9.17, 15) is 5.11 Å². The molecule has 0 bridgehead atoms. The summed E-state index contributed by atoms with van der Waals surface area (Å²) in [5.41, 5.74) is 0.848. The lowest BCUT2D eigenvalue weighted by Gasteiger charge is -2.17. The Morgan fingerprint density at radius 1 is 1.29 bits per heavy atom. The van der Waals surface area contributed by atoms with Gasteiger partial charge in [-0.15, -0.1) is 0 Å². The van der Waals surface area contributed by atoms with Gasteiger partial charge in [-0.2, -0.15) is 0 Å². The molecule has 1 N–H and O–H groups in total. The third-order valence-electron chi connectivity index (χ3n) is 4.07. The van der Waals surface area contributed by atoms with Gasteiger partial charge in [0.15, 0.2) is 0 Å². The number of fused-ring (bicyclic) bond motifs is 1. The first-order chi connectivity index (χ1) is 10.3. The van der Waals surface area contributed by atoms with Crippen LogP contribution in [0.3, 0.4) is 0 Å². The molecule has 2 atom stereocenters. The van der Waals surface area contributed by atoms with Crippen LogP contribution >= 0.6 is 0 Å². The highest BCUT2D eigenvalue weighted by Crippen LogP contribution is 2.34. The van der Waals surface area contributed by atoms with Crippen molar-refractivity contribution in [3.63, 3.8) is 0 Å². The van der Waals surface area contributed by atoms with Crippen LogP contribution in [-0.2, 0) is 4.74 Å². The van der Waals surface area contributed by atoms with Crippen LogP contribution in [0, 0.1) is 0 Å². The summed E-state index contributed by atoms with van der Waals surface area (Å²) >= 11 is 0. The summed E-state index contributed by atoms with van der Waals surface area (Å²) in [5.74, 6) is 0.807. The number of aliphatic hydroxyl groups excluding tert-OH is 1. The molecule has 1 saturated heterocycles. The summed E-state index contributed by atoms with van der Waals surface area (Å²) in [7, 11) is 0. The number of benzene rings is 2. The van der Waals surface area contributed by atoms with E-state index in [-0.39, 0.29) is 0 Å². The highest BCUT2D eigenvalue weighted by atomic mass is 16.5. The van der Waals surface area contributed by atoms with E-state index in [1.165, 1.54) is 0 Å². The molecule has 3 nitrogen and oxygen atoms in total. The lowest BCUT2D eigenvalue weighted by Crippen LogP contribution is -2.12. The average Bonchev–Trinajstić information content (AvgIpc) is 3.00. The minimum absolute atomic E-state index is 0.329. The summed E-state index contributed by atoms with van der Waals surface area (Å²) in [6.07, 6.45) is 2.98. The fraction of sp³-hybridized carbons (Fsp3) is 0.444. The Kier molecular flexibility index (Phi) is 4.42. The molecule has 1 heterocycles. The van der Waals surface area contributed by atoms with Crippen molar-refractivity contribution in [1.29, 1.82) is 0 Å². The second-order valence-electron chi connectivity index (χ2n) is 5.65. The summed E-state index contributed by atoms with van der Waals surface area (Å²) in [5, 5.41) is 12.2. The second-order valence-corrected chi connectivity index (χ2v) is 5.65. The van der Waals surface area contributed by atoms with Crippen LogP contribution < -0.4 is 4.74 Å². The van der Waals surface area contributed by atoms with Gasteiger partial charge in [0.2, 0.25) is 0 Å². The highest BCUT2D eigenvalue weighted by molar-refractivity contribution is 5.89. The molecule has 0 aliphatic carbocycles. The molecule has 1 aliphatic rings. The minimum atomic E-state index is -0.535. The Labute approximate surface area is 125 Å². The van der Waals surface area contributed by atoms with Crippen molar-refractivity contribution in [3.05, 3.63) is 42.0 Å². The van der Waals surface area contributed by atoms with Crippen molar-refractivity contribution in [2.75, 3.05) is 13.2 Å². The molecule has 2 aromatic rings. The van der Waals surface area contributed by atoms with Crippen LogP contribution in [0.25, 0.3) is 10.8 Å². The van der Waals surface area contributed by atoms with Crippen molar-refractivity contribution >= 4 is 10.8 Å². The molecule has 0 spiro atoms. The Hall–Kier alpha value is -1.58. The molecule has 0 aromatic heterocycles.